The molecule has 1 aromatic carbocycles. The second-order valence-corrected chi connectivity index (χ2v) is 6.93. The number of hydrogen-bond donors (Lipinski definition) is 1. The summed E-state index contributed by atoms with van der Waals surface area (Å²) >= 11 is 0. The van der Waals surface area contributed by atoms with Crippen LogP contribution in [0.3, 0.4) is 0 Å². The quantitative estimate of drug-likeness (QED) is 0.904. The highest BCUT2D eigenvalue weighted by Gasteiger charge is 2.35. The lowest BCUT2D eigenvalue weighted by Crippen LogP contribution is -2.36. The van der Waals surface area contributed by atoms with Crippen LogP contribution in [0.2, 0.25) is 0 Å². The van der Waals surface area contributed by atoms with E-state index in [-0.39, 0.29) is 23.2 Å². The first kappa shape index (κ1) is 13.9. The molecule has 1 amide bonds. The van der Waals surface area contributed by atoms with E-state index in [0.29, 0.717) is 18.7 Å². The minimum absolute atomic E-state index is 0.0683. The summed E-state index contributed by atoms with van der Waals surface area (Å²) in [6.07, 6.45) is 0.385. The van der Waals surface area contributed by atoms with Crippen molar-refractivity contribution in [1.82, 2.24) is 0 Å². The van der Waals surface area contributed by atoms with E-state index in [1.54, 1.807) is 12.1 Å². The van der Waals surface area contributed by atoms with Crippen molar-refractivity contribution < 1.29 is 18.3 Å². The number of carbonyl (C=O) groups is 1. The first-order valence-electron chi connectivity index (χ1n) is 6.24. The maximum Gasteiger partial charge on any atom is 0.231 e. The van der Waals surface area contributed by atoms with Crippen molar-refractivity contribution in [1.29, 1.82) is 0 Å². The molecule has 2 rings (SSSR count). The largest absolute Gasteiger partial charge is 0.508 e. The summed E-state index contributed by atoms with van der Waals surface area (Å²) in [5, 5.41) is 9.45. The first-order valence-corrected chi connectivity index (χ1v) is 8.06. The van der Waals surface area contributed by atoms with Crippen LogP contribution in [0.1, 0.15) is 13.3 Å². The molecule has 1 aliphatic rings. The van der Waals surface area contributed by atoms with Crippen molar-refractivity contribution in [2.45, 2.75) is 13.3 Å². The SMILES string of the molecule is CCN(C(=O)C1CCS(=O)(=O)C1)c1cccc(O)c1. The number of rotatable bonds is 3. The fraction of sp³-hybridized carbons (Fsp3) is 0.462. The fourth-order valence-corrected chi connectivity index (χ4v) is 4.07. The third-order valence-electron chi connectivity index (χ3n) is 3.31. The number of benzene rings is 1. The summed E-state index contributed by atoms with van der Waals surface area (Å²) in [6.45, 7) is 2.27. The molecule has 0 saturated carbocycles. The topological polar surface area (TPSA) is 74.7 Å². The van der Waals surface area contributed by atoms with Crippen LogP contribution in [0, 0.1) is 5.92 Å². The molecule has 1 atom stereocenters. The van der Waals surface area contributed by atoms with Gasteiger partial charge in [0, 0.05) is 18.3 Å². The molecular weight excluding hydrogens is 266 g/mol. The molecule has 6 heteroatoms. The monoisotopic (exact) mass is 283 g/mol. The van der Waals surface area contributed by atoms with Crippen LogP contribution in [-0.2, 0) is 14.6 Å². The number of aromatic hydroxyl groups is 1. The van der Waals surface area contributed by atoms with Crippen molar-refractivity contribution in [3.63, 3.8) is 0 Å². The number of amides is 1. The number of nitrogens with zero attached hydrogens (tertiary/aromatic N) is 1. The number of hydrogen-bond acceptors (Lipinski definition) is 4. The maximum atomic E-state index is 12.4. The summed E-state index contributed by atoms with van der Waals surface area (Å²) < 4.78 is 22.9. The molecule has 0 spiro atoms. The summed E-state index contributed by atoms with van der Waals surface area (Å²) in [6, 6.07) is 6.42. The van der Waals surface area contributed by atoms with Gasteiger partial charge in [-0.25, -0.2) is 8.42 Å². The lowest BCUT2D eigenvalue weighted by atomic mass is 10.1. The number of phenolic OH excluding ortho intramolecular Hbond substituents is 1. The van der Waals surface area contributed by atoms with Crippen LogP contribution >= 0.6 is 0 Å². The Labute approximate surface area is 112 Å². The Morgan fingerprint density at radius 2 is 2.21 bits per heavy atom. The van der Waals surface area contributed by atoms with Crippen LogP contribution in [0.15, 0.2) is 24.3 Å². The molecule has 0 aliphatic carbocycles. The van der Waals surface area contributed by atoms with Gasteiger partial charge in [-0.1, -0.05) is 6.07 Å². The number of sulfone groups is 1. The molecule has 104 valence electrons. The lowest BCUT2D eigenvalue weighted by Gasteiger charge is -2.24. The number of phenols is 1. The summed E-state index contributed by atoms with van der Waals surface area (Å²) in [5.74, 6) is -0.549. The average molecular weight is 283 g/mol. The van der Waals surface area contributed by atoms with E-state index in [2.05, 4.69) is 0 Å². The number of carbonyl (C=O) groups excluding carboxylic acids is 1. The second kappa shape index (κ2) is 5.21. The van der Waals surface area contributed by atoms with Gasteiger partial charge in [-0.15, -0.1) is 0 Å². The molecule has 1 unspecified atom stereocenters. The van der Waals surface area contributed by atoms with Crippen molar-refractivity contribution in [2.24, 2.45) is 5.92 Å². The van der Waals surface area contributed by atoms with Gasteiger partial charge in [0.2, 0.25) is 5.91 Å². The minimum atomic E-state index is -3.07. The average Bonchev–Trinajstić information content (AvgIpc) is 2.71. The second-order valence-electron chi connectivity index (χ2n) is 4.70. The molecule has 1 saturated heterocycles. The zero-order valence-corrected chi connectivity index (χ0v) is 11.6. The van der Waals surface area contributed by atoms with E-state index in [4.69, 9.17) is 0 Å². The van der Waals surface area contributed by atoms with Crippen LogP contribution in [0.5, 0.6) is 5.75 Å². The Balaban J connectivity index is 2.21. The van der Waals surface area contributed by atoms with Crippen molar-refractivity contribution in [3.05, 3.63) is 24.3 Å². The summed E-state index contributed by atoms with van der Waals surface area (Å²) in [7, 11) is -3.07. The zero-order valence-electron chi connectivity index (χ0n) is 10.7. The molecule has 1 aliphatic heterocycles. The predicted molar refractivity (Wildman–Crippen MR) is 72.9 cm³/mol. The highest BCUT2D eigenvalue weighted by Crippen LogP contribution is 2.26. The van der Waals surface area contributed by atoms with Gasteiger partial charge in [-0.3, -0.25) is 4.79 Å². The standard InChI is InChI=1S/C13H17NO4S/c1-2-14(11-4-3-5-12(15)8-11)13(16)10-6-7-19(17,18)9-10/h3-5,8,10,15H,2,6-7,9H2,1H3. The molecule has 0 radical (unpaired) electrons. The molecule has 1 aromatic rings. The van der Waals surface area contributed by atoms with Gasteiger partial charge in [0.05, 0.1) is 17.4 Å². The van der Waals surface area contributed by atoms with Gasteiger partial charge in [0.25, 0.3) is 0 Å². The molecule has 5 nitrogen and oxygen atoms in total. The highest BCUT2D eigenvalue weighted by molar-refractivity contribution is 7.91. The first-order chi connectivity index (χ1) is 8.93. The van der Waals surface area contributed by atoms with Gasteiger partial charge < -0.3 is 10.0 Å². The third kappa shape index (κ3) is 3.07. The zero-order chi connectivity index (χ0) is 14.0. The van der Waals surface area contributed by atoms with Crippen molar-refractivity contribution in [3.8, 4) is 5.75 Å². The van der Waals surface area contributed by atoms with E-state index >= 15 is 0 Å². The number of anilines is 1. The van der Waals surface area contributed by atoms with E-state index in [9.17, 15) is 18.3 Å². The van der Waals surface area contributed by atoms with Gasteiger partial charge >= 0.3 is 0 Å². The minimum Gasteiger partial charge on any atom is -0.508 e. The predicted octanol–water partition coefficient (Wildman–Crippen LogP) is 1.18. The molecule has 0 bridgehead atoms. The van der Waals surface area contributed by atoms with Gasteiger partial charge in [-0.2, -0.15) is 0 Å². The molecular formula is C13H17NO4S. The van der Waals surface area contributed by atoms with Gasteiger partial charge in [-0.05, 0) is 25.5 Å². The Hall–Kier alpha value is -1.56. The van der Waals surface area contributed by atoms with E-state index < -0.39 is 15.8 Å². The Bertz CT molecular complexity index is 582. The van der Waals surface area contributed by atoms with E-state index in [1.165, 1.54) is 17.0 Å². The molecule has 0 aromatic heterocycles. The van der Waals surface area contributed by atoms with Crippen molar-refractivity contribution >= 4 is 21.4 Å². The Kier molecular flexibility index (Phi) is 3.80. The molecule has 19 heavy (non-hydrogen) atoms. The molecule has 1 N–H and O–H groups in total. The fourth-order valence-electron chi connectivity index (χ4n) is 2.34. The third-order valence-corrected chi connectivity index (χ3v) is 5.07. The summed E-state index contributed by atoms with van der Waals surface area (Å²) in [5.41, 5.74) is 0.594. The van der Waals surface area contributed by atoms with Crippen LogP contribution in [0.25, 0.3) is 0 Å². The van der Waals surface area contributed by atoms with Crippen LogP contribution < -0.4 is 4.90 Å². The Morgan fingerprint density at radius 1 is 1.47 bits per heavy atom. The lowest BCUT2D eigenvalue weighted by molar-refractivity contribution is -0.121. The molecule has 1 heterocycles. The van der Waals surface area contributed by atoms with Crippen LogP contribution in [-0.4, -0.2) is 37.5 Å². The highest BCUT2D eigenvalue weighted by atomic mass is 32.2. The Morgan fingerprint density at radius 3 is 2.74 bits per heavy atom. The van der Waals surface area contributed by atoms with Gasteiger partial charge in [0.15, 0.2) is 9.84 Å². The molecule has 1 fully saturated rings. The van der Waals surface area contributed by atoms with Crippen LogP contribution in [0.4, 0.5) is 5.69 Å². The smallest absolute Gasteiger partial charge is 0.231 e. The van der Waals surface area contributed by atoms with E-state index in [0.717, 1.165) is 0 Å². The summed E-state index contributed by atoms with van der Waals surface area (Å²) in [4.78, 5) is 13.9. The van der Waals surface area contributed by atoms with E-state index in [1.807, 2.05) is 6.92 Å². The normalized spacial score (nSPS) is 21.2. The van der Waals surface area contributed by atoms with Crippen molar-refractivity contribution in [2.75, 3.05) is 23.0 Å². The maximum absolute atomic E-state index is 12.4. The van der Waals surface area contributed by atoms with Gasteiger partial charge in [0.1, 0.15) is 5.75 Å².